The summed E-state index contributed by atoms with van der Waals surface area (Å²) in [5, 5.41) is 18.2. The van der Waals surface area contributed by atoms with Crippen molar-refractivity contribution >= 4 is 17.7 Å². The van der Waals surface area contributed by atoms with Crippen LogP contribution in [0.1, 0.15) is 29.7 Å². The molecule has 0 radical (unpaired) electrons. The summed E-state index contributed by atoms with van der Waals surface area (Å²) in [7, 11) is 0. The van der Waals surface area contributed by atoms with Gasteiger partial charge in [0.25, 0.3) is 0 Å². The minimum Gasteiger partial charge on any atom is -0.476 e. The quantitative estimate of drug-likeness (QED) is 0.245. The Hall–Kier alpha value is -4.10. The fourth-order valence-corrected chi connectivity index (χ4v) is 2.83. The first-order chi connectivity index (χ1) is 14.6. The van der Waals surface area contributed by atoms with Gasteiger partial charge in [-0.2, -0.15) is 15.5 Å². The van der Waals surface area contributed by atoms with Crippen molar-refractivity contribution in [3.05, 3.63) is 71.1 Å². The van der Waals surface area contributed by atoms with Gasteiger partial charge in [0, 0.05) is 12.6 Å². The Morgan fingerprint density at radius 1 is 1.20 bits per heavy atom. The number of hydrogen-bond acceptors (Lipinski definition) is 6. The molecule has 3 aromatic rings. The molecule has 0 amide bonds. The number of nitriles is 2. The van der Waals surface area contributed by atoms with Crippen LogP contribution in [-0.4, -0.2) is 22.0 Å². The average molecular weight is 400 g/mol. The number of hydrogen-bond donors (Lipinski definition) is 0. The number of carbonyl (C=O) groups excluding carboxylic acids is 1. The standard InChI is InChI=1S/C23H20N4O3/c1-17-8-7-12-27-20(22(26-21(17)27)29-13-6-5-11-24)14-19(15-25)23(28)30-16-18-9-3-2-4-10-18/h2-4,7-10,12,14H,5-6,13,16H2,1H3/b19-14-. The molecule has 0 fully saturated rings. The van der Waals surface area contributed by atoms with Gasteiger partial charge in [0.1, 0.15) is 29.6 Å². The summed E-state index contributed by atoms with van der Waals surface area (Å²) in [4.78, 5) is 17.0. The first-order valence-corrected chi connectivity index (χ1v) is 9.44. The van der Waals surface area contributed by atoms with E-state index in [0.29, 0.717) is 36.7 Å². The van der Waals surface area contributed by atoms with Crippen LogP contribution in [0, 0.1) is 29.6 Å². The molecule has 30 heavy (non-hydrogen) atoms. The van der Waals surface area contributed by atoms with Crippen molar-refractivity contribution < 1.29 is 14.3 Å². The van der Waals surface area contributed by atoms with E-state index in [1.807, 2.05) is 55.5 Å². The number of imidazole rings is 1. The van der Waals surface area contributed by atoms with Gasteiger partial charge in [-0.3, -0.25) is 4.40 Å². The zero-order chi connectivity index (χ0) is 21.3. The molecule has 0 unspecified atom stereocenters. The molecule has 0 aliphatic carbocycles. The number of benzene rings is 1. The van der Waals surface area contributed by atoms with Gasteiger partial charge in [-0.05, 0) is 36.6 Å². The second-order valence-electron chi connectivity index (χ2n) is 6.53. The van der Waals surface area contributed by atoms with Crippen LogP contribution < -0.4 is 4.74 Å². The zero-order valence-corrected chi connectivity index (χ0v) is 16.5. The van der Waals surface area contributed by atoms with Gasteiger partial charge in [-0.25, -0.2) is 4.79 Å². The molecule has 7 nitrogen and oxygen atoms in total. The average Bonchev–Trinajstić information content (AvgIpc) is 3.12. The first-order valence-electron chi connectivity index (χ1n) is 9.44. The van der Waals surface area contributed by atoms with E-state index in [1.54, 1.807) is 10.6 Å². The van der Waals surface area contributed by atoms with E-state index in [0.717, 1.165) is 11.1 Å². The lowest BCUT2D eigenvalue weighted by atomic mass is 10.2. The second-order valence-corrected chi connectivity index (χ2v) is 6.53. The van der Waals surface area contributed by atoms with E-state index >= 15 is 0 Å². The molecular weight excluding hydrogens is 380 g/mol. The number of aromatic nitrogens is 2. The summed E-state index contributed by atoms with van der Waals surface area (Å²) in [5.74, 6) is -0.426. The normalized spacial score (nSPS) is 11.0. The first kappa shape index (κ1) is 20.6. The fourth-order valence-electron chi connectivity index (χ4n) is 2.83. The number of carbonyl (C=O) groups is 1. The summed E-state index contributed by atoms with van der Waals surface area (Å²) in [6.45, 7) is 2.29. The minimum atomic E-state index is -0.723. The number of aryl methyl sites for hydroxylation is 1. The van der Waals surface area contributed by atoms with Crippen LogP contribution in [-0.2, 0) is 16.1 Å². The smallest absolute Gasteiger partial charge is 0.349 e. The number of rotatable bonds is 8. The highest BCUT2D eigenvalue weighted by atomic mass is 16.5. The highest BCUT2D eigenvalue weighted by Crippen LogP contribution is 2.25. The maximum absolute atomic E-state index is 12.5. The Kier molecular flexibility index (Phi) is 6.81. The third kappa shape index (κ3) is 4.84. The van der Waals surface area contributed by atoms with Crippen LogP contribution >= 0.6 is 0 Å². The van der Waals surface area contributed by atoms with E-state index in [4.69, 9.17) is 14.7 Å². The summed E-state index contributed by atoms with van der Waals surface area (Å²) >= 11 is 0. The highest BCUT2D eigenvalue weighted by Gasteiger charge is 2.18. The molecular formula is C23H20N4O3. The van der Waals surface area contributed by atoms with Gasteiger partial charge in [-0.1, -0.05) is 36.4 Å². The van der Waals surface area contributed by atoms with Gasteiger partial charge < -0.3 is 9.47 Å². The molecule has 0 aliphatic heterocycles. The van der Waals surface area contributed by atoms with Crippen molar-refractivity contribution in [2.24, 2.45) is 0 Å². The number of unbranched alkanes of at least 4 members (excludes halogenated alkanes) is 1. The van der Waals surface area contributed by atoms with Gasteiger partial charge >= 0.3 is 5.97 Å². The van der Waals surface area contributed by atoms with E-state index in [1.165, 1.54) is 6.08 Å². The van der Waals surface area contributed by atoms with Crippen molar-refractivity contribution in [2.75, 3.05) is 6.61 Å². The highest BCUT2D eigenvalue weighted by molar-refractivity contribution is 5.98. The topological polar surface area (TPSA) is 100 Å². The predicted molar refractivity (Wildman–Crippen MR) is 110 cm³/mol. The molecule has 0 bridgehead atoms. The van der Waals surface area contributed by atoms with Crippen molar-refractivity contribution in [3.8, 4) is 18.0 Å². The Balaban J connectivity index is 1.89. The summed E-state index contributed by atoms with van der Waals surface area (Å²) < 4.78 is 12.8. The fraction of sp³-hybridized carbons (Fsp3) is 0.217. The molecule has 1 aromatic carbocycles. The van der Waals surface area contributed by atoms with Crippen LogP contribution in [0.25, 0.3) is 11.7 Å². The van der Waals surface area contributed by atoms with E-state index in [-0.39, 0.29) is 12.2 Å². The molecule has 2 aromatic heterocycles. The van der Waals surface area contributed by atoms with Crippen molar-refractivity contribution in [2.45, 2.75) is 26.4 Å². The van der Waals surface area contributed by atoms with Crippen LogP contribution in [0.2, 0.25) is 0 Å². The van der Waals surface area contributed by atoms with Crippen molar-refractivity contribution in [1.82, 2.24) is 9.38 Å². The summed E-state index contributed by atoms with van der Waals surface area (Å²) in [6, 6.07) is 17.0. The largest absolute Gasteiger partial charge is 0.476 e. The van der Waals surface area contributed by atoms with Gasteiger partial charge in [0.2, 0.25) is 5.88 Å². The molecule has 0 N–H and O–H groups in total. The Morgan fingerprint density at radius 2 is 2.00 bits per heavy atom. The lowest BCUT2D eigenvalue weighted by Gasteiger charge is -2.06. The third-order valence-corrected chi connectivity index (χ3v) is 4.35. The van der Waals surface area contributed by atoms with Gasteiger partial charge in [-0.15, -0.1) is 0 Å². The molecule has 0 saturated heterocycles. The number of pyridine rings is 1. The number of fused-ring (bicyclic) bond motifs is 1. The molecule has 0 spiro atoms. The zero-order valence-electron chi connectivity index (χ0n) is 16.5. The summed E-state index contributed by atoms with van der Waals surface area (Å²) in [6.07, 6.45) is 4.13. The van der Waals surface area contributed by atoms with Crippen molar-refractivity contribution in [3.63, 3.8) is 0 Å². The SMILES string of the molecule is Cc1cccn2c(/C=C(/C#N)C(=O)OCc3ccccc3)c(OCCCC#N)nc12. The minimum absolute atomic E-state index is 0.0719. The lowest BCUT2D eigenvalue weighted by Crippen LogP contribution is -2.07. The maximum atomic E-state index is 12.5. The third-order valence-electron chi connectivity index (χ3n) is 4.35. The van der Waals surface area contributed by atoms with Crippen LogP contribution in [0.15, 0.2) is 54.2 Å². The van der Waals surface area contributed by atoms with Gasteiger partial charge in [0.05, 0.1) is 12.7 Å². The number of nitrogens with zero attached hydrogens (tertiary/aromatic N) is 4. The maximum Gasteiger partial charge on any atom is 0.349 e. The molecule has 2 heterocycles. The molecule has 0 atom stereocenters. The Morgan fingerprint density at radius 3 is 2.73 bits per heavy atom. The van der Waals surface area contributed by atoms with E-state index in [2.05, 4.69) is 11.1 Å². The van der Waals surface area contributed by atoms with Crippen LogP contribution in [0.5, 0.6) is 5.88 Å². The van der Waals surface area contributed by atoms with Crippen LogP contribution in [0.3, 0.4) is 0 Å². The second kappa shape index (κ2) is 9.90. The monoisotopic (exact) mass is 400 g/mol. The predicted octanol–water partition coefficient (Wildman–Crippen LogP) is 3.98. The molecule has 0 aliphatic rings. The Bertz CT molecular complexity index is 1150. The summed E-state index contributed by atoms with van der Waals surface area (Å²) in [5.41, 5.74) is 2.73. The van der Waals surface area contributed by atoms with Gasteiger partial charge in [0.15, 0.2) is 0 Å². The number of ether oxygens (including phenoxy) is 2. The van der Waals surface area contributed by atoms with Crippen LogP contribution in [0.4, 0.5) is 0 Å². The Labute approximate surface area is 174 Å². The lowest BCUT2D eigenvalue weighted by molar-refractivity contribution is -0.139. The van der Waals surface area contributed by atoms with E-state index < -0.39 is 5.97 Å². The van der Waals surface area contributed by atoms with E-state index in [9.17, 15) is 10.1 Å². The molecule has 3 rings (SSSR count). The van der Waals surface area contributed by atoms with Crippen molar-refractivity contribution in [1.29, 1.82) is 10.5 Å². The molecule has 7 heteroatoms. The number of esters is 1. The molecule has 150 valence electrons. The molecule has 0 saturated carbocycles.